The number of methoxy groups -OCH3 is 1. The Morgan fingerprint density at radius 1 is 1.04 bits per heavy atom. The summed E-state index contributed by atoms with van der Waals surface area (Å²) in [6, 6.07) is 14.1. The van der Waals surface area contributed by atoms with E-state index in [1.165, 1.54) is 0 Å². The third-order valence-electron chi connectivity index (χ3n) is 4.70. The number of hydrogen-bond acceptors (Lipinski definition) is 4. The van der Waals surface area contributed by atoms with Crippen molar-refractivity contribution in [3.05, 3.63) is 59.7 Å². The smallest absolute Gasteiger partial charge is 0.312 e. The first kappa shape index (κ1) is 19.4. The molecule has 1 aliphatic heterocycles. The maximum Gasteiger partial charge on any atom is 0.312 e. The lowest BCUT2D eigenvalue weighted by Crippen LogP contribution is -2.53. The molecule has 0 aliphatic carbocycles. The van der Waals surface area contributed by atoms with Gasteiger partial charge in [0.2, 0.25) is 0 Å². The zero-order valence-corrected chi connectivity index (χ0v) is 16.0. The lowest BCUT2D eigenvalue weighted by Gasteiger charge is -2.33. The normalized spacial score (nSPS) is 14.2. The van der Waals surface area contributed by atoms with Crippen LogP contribution in [0.3, 0.4) is 0 Å². The second-order valence-electron chi connectivity index (χ2n) is 6.49. The molecule has 0 aromatic heterocycles. The van der Waals surface area contributed by atoms with E-state index in [1.54, 1.807) is 65.4 Å². The van der Waals surface area contributed by atoms with Gasteiger partial charge in [0.1, 0.15) is 5.75 Å². The summed E-state index contributed by atoms with van der Waals surface area (Å²) in [4.78, 5) is 39.7. The molecule has 0 saturated carbocycles. The van der Waals surface area contributed by atoms with Crippen molar-refractivity contribution in [3.63, 3.8) is 0 Å². The Labute approximate surface area is 163 Å². The Hall–Kier alpha value is -3.35. The Morgan fingerprint density at radius 2 is 1.71 bits per heavy atom. The van der Waals surface area contributed by atoms with Gasteiger partial charge in [0.25, 0.3) is 5.91 Å². The number of anilines is 1. The first-order valence-corrected chi connectivity index (χ1v) is 9.14. The predicted octanol–water partition coefficient (Wildman–Crippen LogP) is 2.14. The van der Waals surface area contributed by atoms with Gasteiger partial charge >= 0.3 is 11.8 Å². The minimum absolute atomic E-state index is 0.234. The second-order valence-corrected chi connectivity index (χ2v) is 6.49. The average Bonchev–Trinajstić information content (AvgIpc) is 2.72. The fourth-order valence-corrected chi connectivity index (χ4v) is 3.05. The van der Waals surface area contributed by atoms with Gasteiger partial charge in [0.05, 0.1) is 7.11 Å². The van der Waals surface area contributed by atoms with Crippen molar-refractivity contribution in [2.24, 2.45) is 0 Å². The van der Waals surface area contributed by atoms with E-state index in [2.05, 4.69) is 5.32 Å². The van der Waals surface area contributed by atoms with Crippen molar-refractivity contribution in [1.29, 1.82) is 0 Å². The number of nitrogens with zero attached hydrogens (tertiary/aromatic N) is 2. The number of ether oxygens (including phenoxy) is 1. The summed E-state index contributed by atoms with van der Waals surface area (Å²) in [5.74, 6) is -0.505. The maximum absolute atomic E-state index is 12.4. The summed E-state index contributed by atoms with van der Waals surface area (Å²) in [5.41, 5.74) is 2.01. The van der Waals surface area contributed by atoms with E-state index in [4.69, 9.17) is 4.74 Å². The molecule has 1 saturated heterocycles. The van der Waals surface area contributed by atoms with E-state index in [-0.39, 0.29) is 5.91 Å². The highest BCUT2D eigenvalue weighted by atomic mass is 16.5. The molecule has 7 heteroatoms. The average molecular weight is 381 g/mol. The van der Waals surface area contributed by atoms with Crippen LogP contribution >= 0.6 is 0 Å². The largest absolute Gasteiger partial charge is 0.497 e. The van der Waals surface area contributed by atoms with Crippen LogP contribution in [0.5, 0.6) is 5.75 Å². The van der Waals surface area contributed by atoms with Crippen LogP contribution in [0.2, 0.25) is 0 Å². The highest BCUT2D eigenvalue weighted by Gasteiger charge is 2.31. The van der Waals surface area contributed by atoms with Crippen LogP contribution in [0.25, 0.3) is 0 Å². The third-order valence-corrected chi connectivity index (χ3v) is 4.70. The summed E-state index contributed by atoms with van der Waals surface area (Å²) in [6.07, 6.45) is 0. The number of nitrogens with one attached hydrogen (secondary N) is 1. The summed E-state index contributed by atoms with van der Waals surface area (Å²) >= 11 is 0. The van der Waals surface area contributed by atoms with E-state index < -0.39 is 11.8 Å². The van der Waals surface area contributed by atoms with Crippen LogP contribution in [-0.4, -0.2) is 54.3 Å². The number of benzene rings is 2. The lowest BCUT2D eigenvalue weighted by molar-refractivity contribution is -0.156. The van der Waals surface area contributed by atoms with Crippen molar-refractivity contribution < 1.29 is 19.1 Å². The number of likely N-dealkylation sites (N-methyl/N-ethyl adjacent to an activating group) is 1. The van der Waals surface area contributed by atoms with Gasteiger partial charge in [-0.05, 0) is 36.8 Å². The molecule has 0 bridgehead atoms. The minimum atomic E-state index is -0.479. The molecule has 1 fully saturated rings. The molecule has 0 spiro atoms. The number of carbonyl (C=O) groups excluding carboxylic acids is 3. The highest BCUT2D eigenvalue weighted by molar-refractivity contribution is 6.35. The summed E-state index contributed by atoms with van der Waals surface area (Å²) < 4.78 is 5.15. The Morgan fingerprint density at radius 3 is 2.39 bits per heavy atom. The molecule has 3 rings (SSSR count). The third kappa shape index (κ3) is 4.31. The summed E-state index contributed by atoms with van der Waals surface area (Å²) in [6.45, 7) is 3.80. The number of carbonyl (C=O) groups is 3. The van der Waals surface area contributed by atoms with Crippen LogP contribution < -0.4 is 10.1 Å². The molecular formula is C21H23N3O4. The molecule has 0 atom stereocenters. The minimum Gasteiger partial charge on any atom is -0.497 e. The zero-order chi connectivity index (χ0) is 20.1. The van der Waals surface area contributed by atoms with Gasteiger partial charge in [-0.15, -0.1) is 0 Å². The molecule has 28 heavy (non-hydrogen) atoms. The predicted molar refractivity (Wildman–Crippen MR) is 105 cm³/mol. The first-order valence-electron chi connectivity index (χ1n) is 9.14. The van der Waals surface area contributed by atoms with Crippen LogP contribution in [0.15, 0.2) is 48.5 Å². The van der Waals surface area contributed by atoms with Gasteiger partial charge < -0.3 is 19.9 Å². The van der Waals surface area contributed by atoms with Gasteiger partial charge in [-0.3, -0.25) is 14.4 Å². The Bertz CT molecular complexity index is 879. The monoisotopic (exact) mass is 381 g/mol. The summed E-state index contributed by atoms with van der Waals surface area (Å²) in [5, 5.41) is 2.82. The summed E-state index contributed by atoms with van der Waals surface area (Å²) in [7, 11) is 1.57. The molecule has 0 radical (unpaired) electrons. The van der Waals surface area contributed by atoms with E-state index in [0.717, 1.165) is 5.56 Å². The number of piperazine rings is 1. The van der Waals surface area contributed by atoms with Crippen LogP contribution in [-0.2, 0) is 16.1 Å². The molecule has 1 N–H and O–H groups in total. The van der Waals surface area contributed by atoms with E-state index in [0.29, 0.717) is 43.2 Å². The molecular weight excluding hydrogens is 358 g/mol. The van der Waals surface area contributed by atoms with Gasteiger partial charge in [-0.2, -0.15) is 0 Å². The molecule has 2 aromatic carbocycles. The molecule has 1 aliphatic rings. The number of hydrogen-bond donors (Lipinski definition) is 1. The zero-order valence-electron chi connectivity index (χ0n) is 16.0. The first-order chi connectivity index (χ1) is 13.5. The molecule has 2 aromatic rings. The van der Waals surface area contributed by atoms with E-state index >= 15 is 0 Å². The van der Waals surface area contributed by atoms with Crippen molar-refractivity contribution in [2.75, 3.05) is 32.1 Å². The SMILES string of the molecule is CCN1CCN(Cc2ccc(C(=O)Nc3cccc(OC)c3)cc2)C(=O)C1=O. The fraction of sp³-hybridized carbons (Fsp3) is 0.286. The molecule has 1 heterocycles. The van der Waals surface area contributed by atoms with Crippen molar-refractivity contribution in [1.82, 2.24) is 9.80 Å². The lowest BCUT2D eigenvalue weighted by atomic mass is 10.1. The standard InChI is InChI=1S/C21H23N3O4/c1-3-23-11-12-24(21(27)20(23)26)14-15-7-9-16(10-8-15)19(25)22-17-5-4-6-18(13-17)28-2/h4-10,13H,3,11-12,14H2,1-2H3,(H,22,25). The van der Waals surface area contributed by atoms with Crippen molar-refractivity contribution in [2.45, 2.75) is 13.5 Å². The molecule has 146 valence electrons. The Balaban J connectivity index is 1.62. The van der Waals surface area contributed by atoms with Gasteiger partial charge in [-0.25, -0.2) is 0 Å². The number of amides is 3. The van der Waals surface area contributed by atoms with Crippen molar-refractivity contribution >= 4 is 23.4 Å². The van der Waals surface area contributed by atoms with Gasteiger partial charge in [0, 0.05) is 43.5 Å². The maximum atomic E-state index is 12.4. The van der Waals surface area contributed by atoms with E-state index in [9.17, 15) is 14.4 Å². The van der Waals surface area contributed by atoms with E-state index in [1.807, 2.05) is 6.92 Å². The second kappa shape index (κ2) is 8.56. The van der Waals surface area contributed by atoms with Crippen LogP contribution in [0.4, 0.5) is 5.69 Å². The van der Waals surface area contributed by atoms with Crippen LogP contribution in [0.1, 0.15) is 22.8 Å². The molecule has 3 amide bonds. The fourth-order valence-electron chi connectivity index (χ4n) is 3.05. The van der Waals surface area contributed by atoms with Gasteiger partial charge in [0.15, 0.2) is 0 Å². The quantitative estimate of drug-likeness (QED) is 0.778. The molecule has 0 unspecified atom stereocenters. The van der Waals surface area contributed by atoms with Crippen LogP contribution in [0, 0.1) is 0 Å². The number of rotatable bonds is 6. The van der Waals surface area contributed by atoms with Crippen molar-refractivity contribution in [3.8, 4) is 5.75 Å². The highest BCUT2D eigenvalue weighted by Crippen LogP contribution is 2.18. The topological polar surface area (TPSA) is 79.0 Å². The Kier molecular flexibility index (Phi) is 5.93. The van der Waals surface area contributed by atoms with Gasteiger partial charge in [-0.1, -0.05) is 18.2 Å². The molecule has 7 nitrogen and oxygen atoms in total.